The largest absolute Gasteiger partial charge is 0.378 e. The second-order valence-electron chi connectivity index (χ2n) is 4.33. The molecule has 1 aliphatic carbocycles. The quantitative estimate of drug-likeness (QED) is 0.783. The number of benzene rings is 1. The van der Waals surface area contributed by atoms with Gasteiger partial charge in [0, 0.05) is 12.1 Å². The SMILES string of the molecule is Cc1ccc(NC2CCCC2N)c(F)c1. The fourth-order valence-electron chi connectivity index (χ4n) is 2.10. The average Bonchev–Trinajstić information content (AvgIpc) is 2.57. The number of nitrogens with one attached hydrogen (secondary N) is 1. The van der Waals surface area contributed by atoms with Gasteiger partial charge in [0.1, 0.15) is 5.82 Å². The molecule has 0 radical (unpaired) electrons. The van der Waals surface area contributed by atoms with Gasteiger partial charge in [-0.25, -0.2) is 4.39 Å². The van der Waals surface area contributed by atoms with Crippen LogP contribution in [0, 0.1) is 12.7 Å². The Hall–Kier alpha value is -1.09. The lowest BCUT2D eigenvalue weighted by Gasteiger charge is -2.19. The highest BCUT2D eigenvalue weighted by atomic mass is 19.1. The summed E-state index contributed by atoms with van der Waals surface area (Å²) in [6, 6.07) is 5.62. The summed E-state index contributed by atoms with van der Waals surface area (Å²) in [5, 5.41) is 3.19. The Labute approximate surface area is 89.7 Å². The van der Waals surface area contributed by atoms with E-state index in [-0.39, 0.29) is 17.9 Å². The van der Waals surface area contributed by atoms with Gasteiger partial charge in [0.05, 0.1) is 5.69 Å². The number of aryl methyl sites for hydroxylation is 1. The average molecular weight is 208 g/mol. The van der Waals surface area contributed by atoms with E-state index in [2.05, 4.69) is 5.32 Å². The van der Waals surface area contributed by atoms with Crippen LogP contribution in [0.15, 0.2) is 18.2 Å². The molecular formula is C12H17FN2. The first-order valence-electron chi connectivity index (χ1n) is 5.45. The van der Waals surface area contributed by atoms with Crippen molar-refractivity contribution in [1.29, 1.82) is 0 Å². The molecule has 1 saturated carbocycles. The van der Waals surface area contributed by atoms with Crippen LogP contribution in [0.1, 0.15) is 24.8 Å². The third kappa shape index (κ3) is 2.29. The van der Waals surface area contributed by atoms with E-state index in [1.807, 2.05) is 13.0 Å². The van der Waals surface area contributed by atoms with Crippen LogP contribution < -0.4 is 11.1 Å². The lowest BCUT2D eigenvalue weighted by atomic mass is 10.1. The van der Waals surface area contributed by atoms with Gasteiger partial charge in [0.25, 0.3) is 0 Å². The highest BCUT2D eigenvalue weighted by Crippen LogP contribution is 2.23. The van der Waals surface area contributed by atoms with E-state index >= 15 is 0 Å². The molecule has 2 nitrogen and oxygen atoms in total. The fourth-order valence-corrected chi connectivity index (χ4v) is 2.10. The summed E-state index contributed by atoms with van der Waals surface area (Å²) in [5.41, 5.74) is 7.43. The van der Waals surface area contributed by atoms with Crippen molar-refractivity contribution < 1.29 is 4.39 Å². The Morgan fingerprint density at radius 1 is 1.40 bits per heavy atom. The molecule has 2 atom stereocenters. The van der Waals surface area contributed by atoms with Gasteiger partial charge in [0.15, 0.2) is 0 Å². The first kappa shape index (κ1) is 10.4. The molecule has 82 valence electrons. The minimum atomic E-state index is -0.186. The van der Waals surface area contributed by atoms with Crippen molar-refractivity contribution in [3.8, 4) is 0 Å². The van der Waals surface area contributed by atoms with Crippen LogP contribution >= 0.6 is 0 Å². The molecule has 1 fully saturated rings. The van der Waals surface area contributed by atoms with E-state index in [4.69, 9.17) is 5.73 Å². The zero-order valence-corrected chi connectivity index (χ0v) is 8.96. The van der Waals surface area contributed by atoms with Crippen molar-refractivity contribution in [2.75, 3.05) is 5.32 Å². The molecule has 2 rings (SSSR count). The fraction of sp³-hybridized carbons (Fsp3) is 0.500. The summed E-state index contributed by atoms with van der Waals surface area (Å²) in [7, 11) is 0. The minimum Gasteiger partial charge on any atom is -0.378 e. The molecule has 0 heterocycles. The van der Waals surface area contributed by atoms with Crippen LogP contribution in [0.3, 0.4) is 0 Å². The normalized spacial score (nSPS) is 25.5. The van der Waals surface area contributed by atoms with E-state index in [1.54, 1.807) is 12.1 Å². The zero-order valence-electron chi connectivity index (χ0n) is 8.96. The molecule has 0 aromatic heterocycles. The molecule has 0 bridgehead atoms. The standard InChI is InChI=1S/C12H17FN2/c1-8-5-6-11(9(13)7-8)15-12-4-2-3-10(12)14/h5-7,10,12,15H,2-4,14H2,1H3. The monoisotopic (exact) mass is 208 g/mol. The van der Waals surface area contributed by atoms with Gasteiger partial charge in [-0.1, -0.05) is 6.07 Å². The maximum atomic E-state index is 13.5. The van der Waals surface area contributed by atoms with E-state index in [9.17, 15) is 4.39 Å². The maximum Gasteiger partial charge on any atom is 0.146 e. The smallest absolute Gasteiger partial charge is 0.146 e. The summed E-state index contributed by atoms with van der Waals surface area (Å²) in [5.74, 6) is -0.186. The molecule has 1 aromatic carbocycles. The zero-order chi connectivity index (χ0) is 10.8. The van der Waals surface area contributed by atoms with E-state index in [0.29, 0.717) is 5.69 Å². The first-order chi connectivity index (χ1) is 7.16. The Bertz CT molecular complexity index is 351. The Morgan fingerprint density at radius 3 is 2.80 bits per heavy atom. The Kier molecular flexibility index (Phi) is 2.91. The second kappa shape index (κ2) is 4.19. The molecule has 2 unspecified atom stereocenters. The molecule has 0 spiro atoms. The van der Waals surface area contributed by atoms with Crippen molar-refractivity contribution in [3.05, 3.63) is 29.6 Å². The third-order valence-corrected chi connectivity index (χ3v) is 3.03. The molecule has 3 heteroatoms. The predicted octanol–water partition coefficient (Wildman–Crippen LogP) is 2.43. The van der Waals surface area contributed by atoms with Gasteiger partial charge in [-0.15, -0.1) is 0 Å². The van der Waals surface area contributed by atoms with Crippen molar-refractivity contribution in [2.45, 2.75) is 38.3 Å². The van der Waals surface area contributed by atoms with Crippen molar-refractivity contribution in [3.63, 3.8) is 0 Å². The van der Waals surface area contributed by atoms with Gasteiger partial charge in [-0.3, -0.25) is 0 Å². The number of rotatable bonds is 2. The lowest BCUT2D eigenvalue weighted by molar-refractivity contribution is 0.607. The maximum absolute atomic E-state index is 13.5. The molecule has 3 N–H and O–H groups in total. The van der Waals surface area contributed by atoms with Gasteiger partial charge < -0.3 is 11.1 Å². The topological polar surface area (TPSA) is 38.0 Å². The van der Waals surface area contributed by atoms with Crippen molar-refractivity contribution in [1.82, 2.24) is 0 Å². The summed E-state index contributed by atoms with van der Waals surface area (Å²) in [6.45, 7) is 1.88. The third-order valence-electron chi connectivity index (χ3n) is 3.03. The molecule has 1 aliphatic rings. The molecule has 0 aliphatic heterocycles. The predicted molar refractivity (Wildman–Crippen MR) is 60.4 cm³/mol. The molecule has 1 aromatic rings. The molecular weight excluding hydrogens is 191 g/mol. The highest BCUT2D eigenvalue weighted by Gasteiger charge is 2.24. The first-order valence-corrected chi connectivity index (χ1v) is 5.45. The van der Waals surface area contributed by atoms with Crippen molar-refractivity contribution in [2.24, 2.45) is 5.73 Å². The molecule has 15 heavy (non-hydrogen) atoms. The lowest BCUT2D eigenvalue weighted by Crippen LogP contribution is -2.35. The van der Waals surface area contributed by atoms with Crippen LogP contribution in [0.4, 0.5) is 10.1 Å². The van der Waals surface area contributed by atoms with E-state index in [1.165, 1.54) is 0 Å². The van der Waals surface area contributed by atoms with E-state index < -0.39 is 0 Å². The highest BCUT2D eigenvalue weighted by molar-refractivity contribution is 5.47. The van der Waals surface area contributed by atoms with Crippen LogP contribution in [-0.4, -0.2) is 12.1 Å². The number of anilines is 1. The van der Waals surface area contributed by atoms with Crippen molar-refractivity contribution >= 4 is 5.69 Å². The Morgan fingerprint density at radius 2 is 2.20 bits per heavy atom. The van der Waals surface area contributed by atoms with E-state index in [0.717, 1.165) is 24.8 Å². The van der Waals surface area contributed by atoms with Gasteiger partial charge in [-0.05, 0) is 43.9 Å². The Balaban J connectivity index is 2.10. The number of hydrogen-bond acceptors (Lipinski definition) is 2. The van der Waals surface area contributed by atoms with Gasteiger partial charge in [-0.2, -0.15) is 0 Å². The van der Waals surface area contributed by atoms with Crippen LogP contribution in [-0.2, 0) is 0 Å². The number of halogens is 1. The van der Waals surface area contributed by atoms with Gasteiger partial charge >= 0.3 is 0 Å². The minimum absolute atomic E-state index is 0.158. The number of hydrogen-bond donors (Lipinski definition) is 2. The van der Waals surface area contributed by atoms with Gasteiger partial charge in [0.2, 0.25) is 0 Å². The summed E-state index contributed by atoms with van der Waals surface area (Å²) in [4.78, 5) is 0. The molecule has 0 saturated heterocycles. The molecule has 0 amide bonds. The summed E-state index contributed by atoms with van der Waals surface area (Å²) < 4.78 is 13.5. The second-order valence-corrected chi connectivity index (χ2v) is 4.33. The van der Waals surface area contributed by atoms with Crippen LogP contribution in [0.2, 0.25) is 0 Å². The summed E-state index contributed by atoms with van der Waals surface area (Å²) in [6.07, 6.45) is 3.20. The van der Waals surface area contributed by atoms with Crippen LogP contribution in [0.25, 0.3) is 0 Å². The summed E-state index contributed by atoms with van der Waals surface area (Å²) >= 11 is 0. The number of nitrogens with two attached hydrogens (primary N) is 1. The van der Waals surface area contributed by atoms with Crippen LogP contribution in [0.5, 0.6) is 0 Å².